The van der Waals surface area contributed by atoms with E-state index in [2.05, 4.69) is 10.2 Å². The number of aliphatic hydroxyl groups is 1. The first-order valence-electron chi connectivity index (χ1n) is 11.1. The van der Waals surface area contributed by atoms with Gasteiger partial charge in [0.25, 0.3) is 0 Å². The number of nitrogens with one attached hydrogen (secondary N) is 1. The normalized spacial score (nSPS) is 23.7. The van der Waals surface area contributed by atoms with E-state index in [1.165, 1.54) is 37.8 Å². The summed E-state index contributed by atoms with van der Waals surface area (Å²) in [6.07, 6.45) is 8.47. The molecule has 6 nitrogen and oxygen atoms in total. The smallest absolute Gasteiger partial charge is 0.222 e. The summed E-state index contributed by atoms with van der Waals surface area (Å²) in [5, 5.41) is 23.1. The van der Waals surface area contributed by atoms with Crippen LogP contribution < -0.4 is 5.32 Å². The molecule has 0 spiro atoms. The van der Waals surface area contributed by atoms with Crippen molar-refractivity contribution in [2.45, 2.75) is 82.9 Å². The van der Waals surface area contributed by atoms with Crippen molar-refractivity contribution in [3.8, 4) is 5.75 Å². The first kappa shape index (κ1) is 21.6. The molecule has 0 aromatic heterocycles. The Morgan fingerprint density at radius 3 is 2.69 bits per heavy atom. The molecule has 1 aliphatic carbocycles. The molecule has 1 heterocycles. The number of fused-ring (bicyclic) bond motifs is 1. The molecular formula is C23H34N2O4. The number of amides is 2. The van der Waals surface area contributed by atoms with Crippen LogP contribution >= 0.6 is 0 Å². The maximum atomic E-state index is 12.8. The van der Waals surface area contributed by atoms with Crippen molar-refractivity contribution in [3.63, 3.8) is 0 Å². The highest BCUT2D eigenvalue weighted by molar-refractivity contribution is 5.79. The van der Waals surface area contributed by atoms with E-state index in [-0.39, 0.29) is 30.4 Å². The fourth-order valence-electron chi connectivity index (χ4n) is 4.90. The minimum atomic E-state index is -1.53. The first-order valence-corrected chi connectivity index (χ1v) is 11.1. The number of benzene rings is 1. The van der Waals surface area contributed by atoms with E-state index < -0.39 is 5.72 Å². The van der Waals surface area contributed by atoms with Crippen LogP contribution in [0.5, 0.6) is 5.75 Å². The monoisotopic (exact) mass is 402 g/mol. The summed E-state index contributed by atoms with van der Waals surface area (Å²) in [5.74, 6) is 0.566. The number of phenols is 1. The molecule has 3 N–H and O–H groups in total. The molecule has 160 valence electrons. The minimum absolute atomic E-state index is 0.0387. The Hall–Kier alpha value is -2.08. The SMILES string of the molecule is CCC(O)(NC(=O)CCCC(=O)N1CCCC2CCCCC21)c1cccc(O)c1. The van der Waals surface area contributed by atoms with Gasteiger partial charge in [0, 0.05) is 31.0 Å². The predicted octanol–water partition coefficient (Wildman–Crippen LogP) is 3.42. The second-order valence-electron chi connectivity index (χ2n) is 8.51. The molecule has 2 aliphatic rings. The molecule has 6 heteroatoms. The van der Waals surface area contributed by atoms with Crippen LogP contribution in [0.2, 0.25) is 0 Å². The maximum absolute atomic E-state index is 12.8. The Kier molecular flexibility index (Phi) is 7.17. The average Bonchev–Trinajstić information content (AvgIpc) is 2.73. The molecule has 1 aromatic rings. The molecule has 2 fully saturated rings. The predicted molar refractivity (Wildman–Crippen MR) is 111 cm³/mol. The standard InChI is InChI=1S/C23H34N2O4/c1-2-23(29,18-10-5-11-19(26)16-18)24-21(27)13-6-14-22(28)25-15-7-9-17-8-3-4-12-20(17)25/h5,10-11,16-17,20,26,29H,2-4,6-9,12-15H2,1H3,(H,24,27). The van der Waals surface area contributed by atoms with Gasteiger partial charge in [0.2, 0.25) is 11.8 Å². The van der Waals surface area contributed by atoms with Crippen molar-refractivity contribution in [2.75, 3.05) is 6.54 Å². The van der Waals surface area contributed by atoms with E-state index in [1.807, 2.05) is 0 Å². The molecule has 1 saturated heterocycles. The lowest BCUT2D eigenvalue weighted by atomic mass is 9.78. The fraction of sp³-hybridized carbons (Fsp3) is 0.652. The number of hydrogen-bond acceptors (Lipinski definition) is 4. The molecular weight excluding hydrogens is 368 g/mol. The third-order valence-electron chi connectivity index (χ3n) is 6.54. The van der Waals surface area contributed by atoms with Crippen molar-refractivity contribution in [3.05, 3.63) is 29.8 Å². The van der Waals surface area contributed by atoms with Crippen LogP contribution in [0.3, 0.4) is 0 Å². The molecule has 1 aliphatic heterocycles. The molecule has 29 heavy (non-hydrogen) atoms. The number of carbonyl (C=O) groups is 2. The number of piperidine rings is 1. The van der Waals surface area contributed by atoms with Gasteiger partial charge in [0.05, 0.1) is 0 Å². The van der Waals surface area contributed by atoms with Gasteiger partial charge in [-0.05, 0) is 56.6 Å². The third-order valence-corrected chi connectivity index (χ3v) is 6.54. The average molecular weight is 403 g/mol. The highest BCUT2D eigenvalue weighted by Gasteiger charge is 2.35. The third kappa shape index (κ3) is 5.30. The molecule has 1 aromatic carbocycles. The zero-order valence-electron chi connectivity index (χ0n) is 17.4. The van der Waals surface area contributed by atoms with Gasteiger partial charge in [-0.3, -0.25) is 9.59 Å². The van der Waals surface area contributed by atoms with Crippen molar-refractivity contribution in [1.29, 1.82) is 0 Å². The van der Waals surface area contributed by atoms with Gasteiger partial charge < -0.3 is 20.4 Å². The Labute approximate surface area is 173 Å². The zero-order chi connectivity index (χ0) is 20.9. The van der Waals surface area contributed by atoms with Crippen molar-refractivity contribution in [2.24, 2.45) is 5.92 Å². The van der Waals surface area contributed by atoms with E-state index in [9.17, 15) is 19.8 Å². The van der Waals surface area contributed by atoms with E-state index >= 15 is 0 Å². The molecule has 0 radical (unpaired) electrons. The Bertz CT molecular complexity index is 721. The number of nitrogens with zero attached hydrogens (tertiary/aromatic N) is 1. The van der Waals surface area contributed by atoms with Gasteiger partial charge in [-0.25, -0.2) is 0 Å². The van der Waals surface area contributed by atoms with Crippen LogP contribution in [-0.2, 0) is 15.3 Å². The minimum Gasteiger partial charge on any atom is -0.508 e. The lowest BCUT2D eigenvalue weighted by molar-refractivity contribution is -0.137. The number of likely N-dealkylation sites (tertiary alicyclic amines) is 1. The summed E-state index contributed by atoms with van der Waals surface area (Å²) in [5.41, 5.74) is -1.08. The largest absolute Gasteiger partial charge is 0.508 e. The van der Waals surface area contributed by atoms with Crippen molar-refractivity contribution >= 4 is 11.8 Å². The topological polar surface area (TPSA) is 89.9 Å². The highest BCUT2D eigenvalue weighted by atomic mass is 16.3. The highest BCUT2D eigenvalue weighted by Crippen LogP contribution is 2.35. The maximum Gasteiger partial charge on any atom is 0.222 e. The number of aromatic hydroxyl groups is 1. The van der Waals surface area contributed by atoms with E-state index in [1.54, 1.807) is 19.1 Å². The van der Waals surface area contributed by atoms with Gasteiger partial charge in [-0.1, -0.05) is 31.9 Å². The van der Waals surface area contributed by atoms with Crippen LogP contribution in [0.15, 0.2) is 24.3 Å². The summed E-state index contributed by atoms with van der Waals surface area (Å²) in [6, 6.07) is 6.67. The molecule has 3 unspecified atom stereocenters. The second kappa shape index (κ2) is 9.61. The van der Waals surface area contributed by atoms with Crippen LogP contribution in [0.4, 0.5) is 0 Å². The van der Waals surface area contributed by atoms with Gasteiger partial charge in [-0.15, -0.1) is 0 Å². The summed E-state index contributed by atoms with van der Waals surface area (Å²) in [4.78, 5) is 27.2. The molecule has 3 atom stereocenters. The number of hydrogen-bond donors (Lipinski definition) is 3. The lowest BCUT2D eigenvalue weighted by Crippen LogP contribution is -2.49. The van der Waals surface area contributed by atoms with E-state index in [4.69, 9.17) is 0 Å². The molecule has 0 bridgehead atoms. The summed E-state index contributed by atoms with van der Waals surface area (Å²) >= 11 is 0. The lowest BCUT2D eigenvalue weighted by Gasteiger charge is -2.44. The van der Waals surface area contributed by atoms with Crippen LogP contribution in [-0.4, -0.2) is 39.5 Å². The van der Waals surface area contributed by atoms with E-state index in [0.717, 1.165) is 19.4 Å². The summed E-state index contributed by atoms with van der Waals surface area (Å²) < 4.78 is 0. The quantitative estimate of drug-likeness (QED) is 0.610. The van der Waals surface area contributed by atoms with Crippen LogP contribution in [0.25, 0.3) is 0 Å². The molecule has 2 amide bonds. The Balaban J connectivity index is 1.49. The van der Waals surface area contributed by atoms with Gasteiger partial charge in [-0.2, -0.15) is 0 Å². The van der Waals surface area contributed by atoms with Crippen molar-refractivity contribution in [1.82, 2.24) is 10.2 Å². The number of phenolic OH excluding ortho intramolecular Hbond substituents is 1. The molecule has 3 rings (SSSR count). The number of rotatable bonds is 7. The number of carbonyl (C=O) groups excluding carboxylic acids is 2. The Morgan fingerprint density at radius 1 is 1.17 bits per heavy atom. The van der Waals surface area contributed by atoms with Crippen LogP contribution in [0.1, 0.15) is 76.7 Å². The molecule has 1 saturated carbocycles. The Morgan fingerprint density at radius 2 is 1.93 bits per heavy atom. The second-order valence-corrected chi connectivity index (χ2v) is 8.51. The fourth-order valence-corrected chi connectivity index (χ4v) is 4.90. The van der Waals surface area contributed by atoms with E-state index in [0.29, 0.717) is 30.4 Å². The summed E-state index contributed by atoms with van der Waals surface area (Å²) in [7, 11) is 0. The van der Waals surface area contributed by atoms with Crippen molar-refractivity contribution < 1.29 is 19.8 Å². The van der Waals surface area contributed by atoms with Gasteiger partial charge >= 0.3 is 0 Å². The first-order chi connectivity index (χ1) is 13.9. The van der Waals surface area contributed by atoms with Crippen LogP contribution in [0, 0.1) is 5.92 Å². The van der Waals surface area contributed by atoms with Gasteiger partial charge in [0.1, 0.15) is 5.75 Å². The summed E-state index contributed by atoms with van der Waals surface area (Å²) in [6.45, 7) is 2.62. The zero-order valence-corrected chi connectivity index (χ0v) is 17.4. The van der Waals surface area contributed by atoms with Gasteiger partial charge in [0.15, 0.2) is 5.72 Å².